The van der Waals surface area contributed by atoms with Crippen molar-refractivity contribution >= 4 is 15.9 Å². The molecule has 18 heavy (non-hydrogen) atoms. The first kappa shape index (κ1) is 11.8. The van der Waals surface area contributed by atoms with Crippen LogP contribution >= 0.6 is 15.9 Å². The summed E-state index contributed by atoms with van der Waals surface area (Å²) in [6.45, 7) is 0. The van der Waals surface area contributed by atoms with Gasteiger partial charge in [-0.25, -0.2) is 0 Å². The molecule has 1 aromatic heterocycles. The summed E-state index contributed by atoms with van der Waals surface area (Å²) >= 11 is 3.63. The molecule has 0 atom stereocenters. The molecule has 0 saturated heterocycles. The first-order chi connectivity index (χ1) is 8.83. The second-order valence-corrected chi connectivity index (χ2v) is 5.57. The van der Waals surface area contributed by atoms with Crippen LogP contribution in [-0.4, -0.2) is 25.5 Å². The number of nitrogens with zero attached hydrogens (tertiary/aromatic N) is 4. The fourth-order valence-corrected chi connectivity index (χ4v) is 3.21. The Morgan fingerprint density at radius 2 is 2.00 bits per heavy atom. The van der Waals surface area contributed by atoms with Crippen LogP contribution in [0.1, 0.15) is 25.1 Å². The van der Waals surface area contributed by atoms with Gasteiger partial charge in [-0.05, 0) is 40.8 Å². The van der Waals surface area contributed by atoms with Crippen LogP contribution < -0.4 is 0 Å². The lowest BCUT2D eigenvalue weighted by Crippen LogP contribution is -2.34. The number of para-hydroxylation sites is 1. The summed E-state index contributed by atoms with van der Waals surface area (Å²) in [6, 6.07) is 10.1. The lowest BCUT2D eigenvalue weighted by Gasteiger charge is -2.40. The molecule has 0 unspecified atom stereocenters. The average molecular weight is 307 g/mol. The van der Waals surface area contributed by atoms with Gasteiger partial charge in [-0.3, -0.25) is 0 Å². The Labute approximate surface area is 115 Å². The highest BCUT2D eigenvalue weighted by Crippen LogP contribution is 2.44. The van der Waals surface area contributed by atoms with Crippen LogP contribution in [-0.2, 0) is 6.42 Å². The molecular formula is C13H15BrN4. The van der Waals surface area contributed by atoms with E-state index in [0.29, 0.717) is 5.41 Å². The minimum atomic E-state index is 0.362. The third kappa shape index (κ3) is 2.07. The number of rotatable bonds is 4. The highest BCUT2D eigenvalue weighted by atomic mass is 79.9. The second kappa shape index (κ2) is 4.80. The van der Waals surface area contributed by atoms with Gasteiger partial charge < -0.3 is 0 Å². The van der Waals surface area contributed by atoms with E-state index in [1.54, 1.807) is 0 Å². The average Bonchev–Trinajstić information content (AvgIpc) is 2.83. The number of tetrazole rings is 1. The lowest BCUT2D eigenvalue weighted by atomic mass is 9.68. The van der Waals surface area contributed by atoms with Crippen molar-refractivity contribution in [2.75, 3.05) is 5.33 Å². The third-order valence-electron chi connectivity index (χ3n) is 3.77. The topological polar surface area (TPSA) is 43.6 Å². The van der Waals surface area contributed by atoms with Crippen LogP contribution in [0.3, 0.4) is 0 Å². The summed E-state index contributed by atoms with van der Waals surface area (Å²) in [5.74, 6) is 0.959. The molecule has 1 saturated carbocycles. The van der Waals surface area contributed by atoms with E-state index in [9.17, 15) is 0 Å². The van der Waals surface area contributed by atoms with Crippen molar-refractivity contribution < 1.29 is 0 Å². The highest BCUT2D eigenvalue weighted by Gasteiger charge is 2.37. The maximum Gasteiger partial charge on any atom is 0.157 e. The van der Waals surface area contributed by atoms with Gasteiger partial charge in [0.15, 0.2) is 5.82 Å². The van der Waals surface area contributed by atoms with Gasteiger partial charge in [-0.1, -0.05) is 40.5 Å². The number of hydrogen-bond acceptors (Lipinski definition) is 3. The van der Waals surface area contributed by atoms with Gasteiger partial charge in [-0.2, -0.15) is 4.68 Å². The first-order valence-corrected chi connectivity index (χ1v) is 7.34. The van der Waals surface area contributed by atoms with E-state index in [2.05, 4.69) is 31.5 Å². The van der Waals surface area contributed by atoms with Crippen LogP contribution in [0.4, 0.5) is 0 Å². The molecule has 0 N–H and O–H groups in total. The van der Waals surface area contributed by atoms with Crippen LogP contribution in [0, 0.1) is 5.41 Å². The van der Waals surface area contributed by atoms with Gasteiger partial charge in [0.2, 0.25) is 0 Å². The molecule has 2 aromatic rings. The van der Waals surface area contributed by atoms with Crippen LogP contribution in [0.5, 0.6) is 0 Å². The number of benzene rings is 1. The maximum absolute atomic E-state index is 4.19. The second-order valence-electron chi connectivity index (χ2n) is 5.01. The van der Waals surface area contributed by atoms with E-state index in [4.69, 9.17) is 0 Å². The van der Waals surface area contributed by atoms with E-state index in [0.717, 1.165) is 23.3 Å². The van der Waals surface area contributed by atoms with Gasteiger partial charge in [0, 0.05) is 11.8 Å². The normalized spacial score (nSPS) is 17.4. The molecule has 0 bridgehead atoms. The summed E-state index contributed by atoms with van der Waals surface area (Å²) in [5, 5.41) is 13.1. The summed E-state index contributed by atoms with van der Waals surface area (Å²) in [7, 11) is 0. The third-order valence-corrected chi connectivity index (χ3v) is 4.96. The van der Waals surface area contributed by atoms with E-state index in [1.165, 1.54) is 19.3 Å². The predicted molar refractivity (Wildman–Crippen MR) is 72.9 cm³/mol. The first-order valence-electron chi connectivity index (χ1n) is 6.22. The smallest absolute Gasteiger partial charge is 0.157 e. The minimum absolute atomic E-state index is 0.362. The summed E-state index contributed by atoms with van der Waals surface area (Å²) in [4.78, 5) is 0. The zero-order chi connectivity index (χ0) is 12.4. The standard InChI is InChI=1S/C13H15BrN4/c14-10-13(7-4-8-13)9-12-15-16-17-18(12)11-5-2-1-3-6-11/h1-3,5-6H,4,7-10H2. The molecule has 1 heterocycles. The van der Waals surface area contributed by atoms with E-state index in [-0.39, 0.29) is 0 Å². The molecule has 1 aliphatic carbocycles. The summed E-state index contributed by atoms with van der Waals surface area (Å²) in [6.07, 6.45) is 4.79. The van der Waals surface area contributed by atoms with Gasteiger partial charge in [0.25, 0.3) is 0 Å². The molecule has 0 radical (unpaired) electrons. The molecule has 1 fully saturated rings. The molecule has 3 rings (SSSR count). The lowest BCUT2D eigenvalue weighted by molar-refractivity contribution is 0.165. The molecule has 0 aliphatic heterocycles. The predicted octanol–water partition coefficient (Wildman–Crippen LogP) is 2.77. The Kier molecular flexibility index (Phi) is 3.16. The van der Waals surface area contributed by atoms with Gasteiger partial charge >= 0.3 is 0 Å². The number of hydrogen-bond donors (Lipinski definition) is 0. The van der Waals surface area contributed by atoms with E-state index < -0.39 is 0 Å². The number of aromatic nitrogens is 4. The zero-order valence-corrected chi connectivity index (χ0v) is 11.7. The van der Waals surface area contributed by atoms with Crippen molar-refractivity contribution in [3.63, 3.8) is 0 Å². The van der Waals surface area contributed by atoms with Gasteiger partial charge in [0.1, 0.15) is 0 Å². The van der Waals surface area contributed by atoms with Gasteiger partial charge in [0.05, 0.1) is 5.69 Å². The highest BCUT2D eigenvalue weighted by molar-refractivity contribution is 9.09. The van der Waals surface area contributed by atoms with E-state index in [1.807, 2.05) is 35.0 Å². The fraction of sp³-hybridized carbons (Fsp3) is 0.462. The van der Waals surface area contributed by atoms with Crippen molar-refractivity contribution in [3.8, 4) is 5.69 Å². The van der Waals surface area contributed by atoms with E-state index >= 15 is 0 Å². The van der Waals surface area contributed by atoms with Gasteiger partial charge in [-0.15, -0.1) is 5.10 Å². The molecule has 0 spiro atoms. The largest absolute Gasteiger partial charge is 0.197 e. The molecule has 94 valence electrons. The molecule has 4 nitrogen and oxygen atoms in total. The Morgan fingerprint density at radius 1 is 1.22 bits per heavy atom. The molecule has 0 amide bonds. The van der Waals surface area contributed by atoms with Crippen molar-refractivity contribution in [2.24, 2.45) is 5.41 Å². The van der Waals surface area contributed by atoms with Crippen LogP contribution in [0.15, 0.2) is 30.3 Å². The molecule has 1 aliphatic rings. The molecule has 1 aromatic carbocycles. The number of alkyl halides is 1. The van der Waals surface area contributed by atoms with Crippen LogP contribution in [0.2, 0.25) is 0 Å². The van der Waals surface area contributed by atoms with Crippen molar-refractivity contribution in [2.45, 2.75) is 25.7 Å². The summed E-state index contributed by atoms with van der Waals surface area (Å²) < 4.78 is 1.85. The Bertz CT molecular complexity index is 513. The van der Waals surface area contributed by atoms with Crippen molar-refractivity contribution in [3.05, 3.63) is 36.2 Å². The quantitative estimate of drug-likeness (QED) is 0.816. The van der Waals surface area contributed by atoms with Crippen molar-refractivity contribution in [1.82, 2.24) is 20.2 Å². The molecule has 5 heteroatoms. The number of halogens is 1. The SMILES string of the molecule is BrCC1(Cc2nnnn2-c2ccccc2)CCC1. The van der Waals surface area contributed by atoms with Crippen LogP contribution in [0.25, 0.3) is 5.69 Å². The monoisotopic (exact) mass is 306 g/mol. The Morgan fingerprint density at radius 3 is 2.61 bits per heavy atom. The summed E-state index contributed by atoms with van der Waals surface area (Å²) in [5.41, 5.74) is 1.39. The Hall–Kier alpha value is -1.23. The maximum atomic E-state index is 4.19. The molecular weight excluding hydrogens is 292 g/mol. The van der Waals surface area contributed by atoms with Crippen molar-refractivity contribution in [1.29, 1.82) is 0 Å². The minimum Gasteiger partial charge on any atom is -0.197 e. The zero-order valence-electron chi connectivity index (χ0n) is 10.1. The fourth-order valence-electron chi connectivity index (χ4n) is 2.46. The Balaban J connectivity index is 1.88.